The summed E-state index contributed by atoms with van der Waals surface area (Å²) in [5.41, 5.74) is 0. The van der Waals surface area contributed by atoms with Crippen LogP contribution in [-0.4, -0.2) is 60.0 Å². The van der Waals surface area contributed by atoms with Crippen LogP contribution in [0.25, 0.3) is 0 Å². The summed E-state index contributed by atoms with van der Waals surface area (Å²) in [6.45, 7) is 2.73. The summed E-state index contributed by atoms with van der Waals surface area (Å²) in [6, 6.07) is 0. The van der Waals surface area contributed by atoms with E-state index in [0.29, 0.717) is 32.7 Å². The van der Waals surface area contributed by atoms with Gasteiger partial charge < -0.3 is 14.8 Å². The maximum Gasteiger partial charge on any atom is 0.407 e. The fourth-order valence-corrected chi connectivity index (χ4v) is 1.23. The van der Waals surface area contributed by atoms with Gasteiger partial charge in [0.25, 0.3) is 0 Å². The Morgan fingerprint density at radius 3 is 2.33 bits per heavy atom. The van der Waals surface area contributed by atoms with Gasteiger partial charge in [-0.25, -0.2) is 4.79 Å². The van der Waals surface area contributed by atoms with Gasteiger partial charge in [0.1, 0.15) is 6.29 Å². The molecule has 68 valence electrons. The number of nitrogens with zero attached hydrogens (tertiary/aromatic N) is 2. The Hall–Kier alpha value is -1.10. The lowest BCUT2D eigenvalue weighted by Crippen LogP contribution is -2.48. The van der Waals surface area contributed by atoms with Crippen LogP contribution in [0.2, 0.25) is 0 Å². The smallest absolute Gasteiger partial charge is 0.407 e. The number of aldehydes is 1. The molecule has 1 saturated heterocycles. The van der Waals surface area contributed by atoms with Crippen LogP contribution < -0.4 is 0 Å². The van der Waals surface area contributed by atoms with Gasteiger partial charge in [-0.05, 0) is 0 Å². The van der Waals surface area contributed by atoms with E-state index in [4.69, 9.17) is 5.11 Å². The van der Waals surface area contributed by atoms with Crippen LogP contribution in [0.1, 0.15) is 0 Å². The number of hydrogen-bond donors (Lipinski definition) is 1. The van der Waals surface area contributed by atoms with Crippen molar-refractivity contribution >= 4 is 12.4 Å². The Morgan fingerprint density at radius 2 is 1.92 bits per heavy atom. The predicted molar refractivity (Wildman–Crippen MR) is 42.1 cm³/mol. The van der Waals surface area contributed by atoms with Gasteiger partial charge in [0, 0.05) is 26.2 Å². The highest BCUT2D eigenvalue weighted by molar-refractivity contribution is 5.65. The van der Waals surface area contributed by atoms with E-state index in [9.17, 15) is 9.59 Å². The first kappa shape index (κ1) is 8.99. The number of rotatable bonds is 2. The molecule has 0 saturated carbocycles. The average Bonchev–Trinajstić information content (AvgIpc) is 2.06. The summed E-state index contributed by atoms with van der Waals surface area (Å²) in [6.07, 6.45) is -0.0306. The molecule has 0 aromatic carbocycles. The van der Waals surface area contributed by atoms with Crippen molar-refractivity contribution in [1.29, 1.82) is 0 Å². The minimum Gasteiger partial charge on any atom is -0.465 e. The molecule has 0 radical (unpaired) electrons. The molecule has 5 heteroatoms. The van der Waals surface area contributed by atoms with Crippen molar-refractivity contribution < 1.29 is 14.7 Å². The van der Waals surface area contributed by atoms with E-state index in [0.717, 1.165) is 6.29 Å². The summed E-state index contributed by atoms with van der Waals surface area (Å²) < 4.78 is 0. The van der Waals surface area contributed by atoms with Gasteiger partial charge in [-0.1, -0.05) is 0 Å². The Bertz CT molecular complexity index is 175. The highest BCUT2D eigenvalue weighted by Crippen LogP contribution is 2.00. The SMILES string of the molecule is O=CCN1CCN(C(=O)O)CC1. The molecule has 0 atom stereocenters. The van der Waals surface area contributed by atoms with Crippen LogP contribution in [0.4, 0.5) is 4.79 Å². The van der Waals surface area contributed by atoms with Crippen LogP contribution in [0, 0.1) is 0 Å². The highest BCUT2D eigenvalue weighted by atomic mass is 16.4. The van der Waals surface area contributed by atoms with Crippen LogP contribution >= 0.6 is 0 Å². The third-order valence-electron chi connectivity index (χ3n) is 1.98. The Morgan fingerprint density at radius 1 is 1.33 bits per heavy atom. The fraction of sp³-hybridized carbons (Fsp3) is 0.714. The first-order valence-corrected chi connectivity index (χ1v) is 3.88. The number of carbonyl (C=O) groups excluding carboxylic acids is 1. The second kappa shape index (κ2) is 4.06. The van der Waals surface area contributed by atoms with E-state index in [-0.39, 0.29) is 0 Å². The van der Waals surface area contributed by atoms with Crippen molar-refractivity contribution in [3.8, 4) is 0 Å². The normalized spacial score (nSPS) is 19.2. The summed E-state index contributed by atoms with van der Waals surface area (Å²) in [4.78, 5) is 23.9. The molecule has 1 fully saturated rings. The molecular formula is C7H12N2O3. The van der Waals surface area contributed by atoms with Gasteiger partial charge in [-0.3, -0.25) is 4.90 Å². The molecule has 1 heterocycles. The second-order valence-corrected chi connectivity index (χ2v) is 2.74. The zero-order valence-corrected chi connectivity index (χ0v) is 6.77. The van der Waals surface area contributed by atoms with Crippen molar-refractivity contribution in [2.75, 3.05) is 32.7 Å². The first-order chi connectivity index (χ1) is 5.74. The molecule has 0 aromatic rings. The van der Waals surface area contributed by atoms with Crippen molar-refractivity contribution in [1.82, 2.24) is 9.80 Å². The van der Waals surface area contributed by atoms with Gasteiger partial charge in [0.05, 0.1) is 6.54 Å². The Balaban J connectivity index is 2.29. The summed E-state index contributed by atoms with van der Waals surface area (Å²) in [7, 11) is 0. The number of hydrogen-bond acceptors (Lipinski definition) is 3. The van der Waals surface area contributed by atoms with Crippen LogP contribution in [0.3, 0.4) is 0 Å². The third kappa shape index (κ3) is 2.20. The molecule has 0 bridgehead atoms. The summed E-state index contributed by atoms with van der Waals surface area (Å²) >= 11 is 0. The largest absolute Gasteiger partial charge is 0.465 e. The van der Waals surface area contributed by atoms with E-state index < -0.39 is 6.09 Å². The van der Waals surface area contributed by atoms with Gasteiger partial charge in [-0.15, -0.1) is 0 Å². The van der Waals surface area contributed by atoms with E-state index in [1.165, 1.54) is 4.90 Å². The van der Waals surface area contributed by atoms with Crippen molar-refractivity contribution in [2.45, 2.75) is 0 Å². The highest BCUT2D eigenvalue weighted by Gasteiger charge is 2.19. The van der Waals surface area contributed by atoms with E-state index in [1.54, 1.807) is 0 Å². The summed E-state index contributed by atoms with van der Waals surface area (Å²) in [5, 5.41) is 8.59. The maximum atomic E-state index is 10.5. The molecule has 1 aliphatic heterocycles. The van der Waals surface area contributed by atoms with Crippen molar-refractivity contribution in [2.24, 2.45) is 0 Å². The van der Waals surface area contributed by atoms with Crippen molar-refractivity contribution in [3.05, 3.63) is 0 Å². The quantitative estimate of drug-likeness (QED) is 0.569. The summed E-state index contributed by atoms with van der Waals surface area (Å²) in [5.74, 6) is 0. The maximum absolute atomic E-state index is 10.5. The molecule has 12 heavy (non-hydrogen) atoms. The fourth-order valence-electron chi connectivity index (χ4n) is 1.23. The lowest BCUT2D eigenvalue weighted by molar-refractivity contribution is -0.109. The second-order valence-electron chi connectivity index (χ2n) is 2.74. The number of carbonyl (C=O) groups is 2. The molecule has 0 unspecified atom stereocenters. The van der Waals surface area contributed by atoms with Gasteiger partial charge in [0.2, 0.25) is 0 Å². The molecule has 1 rings (SSSR count). The molecule has 0 aliphatic carbocycles. The standard InChI is InChI=1S/C7H12N2O3/c10-6-5-8-1-3-9(4-2-8)7(11)12/h6H,1-5H2,(H,11,12). The Labute approximate surface area is 70.6 Å². The van der Waals surface area contributed by atoms with E-state index >= 15 is 0 Å². The Kier molecular flexibility index (Phi) is 3.04. The van der Waals surface area contributed by atoms with E-state index in [1.807, 2.05) is 4.90 Å². The molecule has 1 N–H and O–H groups in total. The third-order valence-corrected chi connectivity index (χ3v) is 1.98. The first-order valence-electron chi connectivity index (χ1n) is 3.88. The number of carboxylic acid groups (broad SMARTS) is 1. The van der Waals surface area contributed by atoms with E-state index in [2.05, 4.69) is 0 Å². The lowest BCUT2D eigenvalue weighted by atomic mass is 10.3. The van der Waals surface area contributed by atoms with Crippen LogP contribution in [-0.2, 0) is 4.79 Å². The minimum atomic E-state index is -0.874. The van der Waals surface area contributed by atoms with Crippen LogP contribution in [0.15, 0.2) is 0 Å². The number of amides is 1. The van der Waals surface area contributed by atoms with Gasteiger partial charge in [0.15, 0.2) is 0 Å². The average molecular weight is 172 g/mol. The van der Waals surface area contributed by atoms with Gasteiger partial charge >= 0.3 is 6.09 Å². The number of piperazine rings is 1. The topological polar surface area (TPSA) is 60.9 Å². The monoisotopic (exact) mass is 172 g/mol. The zero-order valence-electron chi connectivity index (χ0n) is 6.77. The molecule has 0 spiro atoms. The molecule has 5 nitrogen and oxygen atoms in total. The lowest BCUT2D eigenvalue weighted by Gasteiger charge is -2.31. The van der Waals surface area contributed by atoms with Gasteiger partial charge in [-0.2, -0.15) is 0 Å². The van der Waals surface area contributed by atoms with Crippen molar-refractivity contribution in [3.63, 3.8) is 0 Å². The molecule has 0 aromatic heterocycles. The predicted octanol–water partition coefficient (Wildman–Crippen LogP) is -0.519. The minimum absolute atomic E-state index is 0.410. The van der Waals surface area contributed by atoms with Crippen LogP contribution in [0.5, 0.6) is 0 Å². The molecular weight excluding hydrogens is 160 g/mol. The molecule has 1 amide bonds. The zero-order chi connectivity index (χ0) is 8.97. The molecule has 1 aliphatic rings.